The van der Waals surface area contributed by atoms with Gasteiger partial charge in [-0.2, -0.15) is 0 Å². The molecular formula is C10H15ClN2. The van der Waals surface area contributed by atoms with Crippen molar-refractivity contribution in [3.8, 4) is 0 Å². The van der Waals surface area contributed by atoms with E-state index in [1.807, 2.05) is 44.1 Å². The Labute approximate surface area is 84.3 Å². The lowest BCUT2D eigenvalue weighted by Gasteiger charge is -2.16. The monoisotopic (exact) mass is 198 g/mol. The summed E-state index contributed by atoms with van der Waals surface area (Å²) in [7, 11) is 3.93. The number of hydrogen-bond acceptors (Lipinski definition) is 2. The molecule has 0 saturated carbocycles. The van der Waals surface area contributed by atoms with Crippen LogP contribution in [0.25, 0.3) is 0 Å². The third-order valence-corrected chi connectivity index (χ3v) is 2.28. The van der Waals surface area contributed by atoms with Crippen molar-refractivity contribution in [1.82, 2.24) is 0 Å². The van der Waals surface area contributed by atoms with Crippen LogP contribution in [0.2, 0.25) is 5.02 Å². The summed E-state index contributed by atoms with van der Waals surface area (Å²) in [6.45, 7) is 1.95. The first-order chi connectivity index (χ1) is 6.02. The minimum atomic E-state index is 0.0358. The Hall–Kier alpha value is -0.730. The van der Waals surface area contributed by atoms with Crippen LogP contribution in [-0.4, -0.2) is 14.1 Å². The standard InChI is InChI=1S/C10H15ClN2/c1-7(12)8-4-5-10(13(2)3)9(11)6-8/h4-7H,12H2,1-3H3/t7-/m1/s1. The first-order valence-electron chi connectivity index (χ1n) is 4.24. The molecule has 0 bridgehead atoms. The van der Waals surface area contributed by atoms with E-state index in [0.717, 1.165) is 16.3 Å². The summed E-state index contributed by atoms with van der Waals surface area (Å²) in [4.78, 5) is 1.98. The molecule has 0 amide bonds. The van der Waals surface area contributed by atoms with Gasteiger partial charge in [0.15, 0.2) is 0 Å². The van der Waals surface area contributed by atoms with E-state index in [-0.39, 0.29) is 6.04 Å². The zero-order chi connectivity index (χ0) is 10.0. The molecule has 72 valence electrons. The fraction of sp³-hybridized carbons (Fsp3) is 0.400. The molecule has 0 spiro atoms. The molecule has 0 aromatic heterocycles. The van der Waals surface area contributed by atoms with Crippen LogP contribution in [0.4, 0.5) is 5.69 Å². The van der Waals surface area contributed by atoms with E-state index in [9.17, 15) is 0 Å². The molecule has 1 atom stereocenters. The van der Waals surface area contributed by atoms with Crippen LogP contribution < -0.4 is 10.6 Å². The number of halogens is 1. The van der Waals surface area contributed by atoms with E-state index in [2.05, 4.69) is 0 Å². The normalized spacial score (nSPS) is 12.7. The molecule has 1 rings (SSSR count). The lowest BCUT2D eigenvalue weighted by Crippen LogP contribution is -2.10. The lowest BCUT2D eigenvalue weighted by atomic mass is 10.1. The van der Waals surface area contributed by atoms with Crippen molar-refractivity contribution in [2.45, 2.75) is 13.0 Å². The van der Waals surface area contributed by atoms with Crippen LogP contribution in [0.5, 0.6) is 0 Å². The zero-order valence-corrected chi connectivity index (χ0v) is 8.97. The number of benzene rings is 1. The maximum absolute atomic E-state index is 6.07. The Bertz CT molecular complexity index is 295. The lowest BCUT2D eigenvalue weighted by molar-refractivity contribution is 0.818. The topological polar surface area (TPSA) is 29.3 Å². The van der Waals surface area contributed by atoms with Gasteiger partial charge in [0, 0.05) is 20.1 Å². The average molecular weight is 199 g/mol. The average Bonchev–Trinajstić information content (AvgIpc) is 2.03. The zero-order valence-electron chi connectivity index (χ0n) is 8.21. The fourth-order valence-electron chi connectivity index (χ4n) is 1.17. The molecule has 0 heterocycles. The van der Waals surface area contributed by atoms with Gasteiger partial charge in [0.25, 0.3) is 0 Å². The molecule has 0 unspecified atom stereocenters. The van der Waals surface area contributed by atoms with E-state index in [1.54, 1.807) is 0 Å². The maximum atomic E-state index is 6.07. The summed E-state index contributed by atoms with van der Waals surface area (Å²) in [5.41, 5.74) is 7.82. The molecule has 0 aliphatic rings. The minimum absolute atomic E-state index is 0.0358. The van der Waals surface area contributed by atoms with Crippen molar-refractivity contribution in [2.24, 2.45) is 5.73 Å². The fourth-order valence-corrected chi connectivity index (χ4v) is 1.53. The summed E-state index contributed by atoms with van der Waals surface area (Å²) in [6, 6.07) is 5.95. The first-order valence-corrected chi connectivity index (χ1v) is 4.62. The van der Waals surface area contributed by atoms with Gasteiger partial charge in [-0.05, 0) is 24.6 Å². The van der Waals surface area contributed by atoms with Crippen LogP contribution in [0, 0.1) is 0 Å². The van der Waals surface area contributed by atoms with Gasteiger partial charge >= 0.3 is 0 Å². The third kappa shape index (κ3) is 2.36. The quantitative estimate of drug-likeness (QED) is 0.791. The largest absolute Gasteiger partial charge is 0.376 e. The molecule has 1 aromatic rings. The Morgan fingerprint density at radius 3 is 2.38 bits per heavy atom. The molecule has 2 N–H and O–H groups in total. The van der Waals surface area contributed by atoms with Crippen molar-refractivity contribution >= 4 is 17.3 Å². The summed E-state index contributed by atoms with van der Waals surface area (Å²) in [5, 5.41) is 0.750. The SMILES string of the molecule is C[C@@H](N)c1ccc(N(C)C)c(Cl)c1. The molecule has 2 nitrogen and oxygen atoms in total. The highest BCUT2D eigenvalue weighted by Gasteiger charge is 2.05. The molecule has 3 heteroatoms. The highest BCUT2D eigenvalue weighted by Crippen LogP contribution is 2.26. The summed E-state index contributed by atoms with van der Waals surface area (Å²) in [5.74, 6) is 0. The first kappa shape index (κ1) is 10.4. The number of nitrogens with zero attached hydrogens (tertiary/aromatic N) is 1. The highest BCUT2D eigenvalue weighted by atomic mass is 35.5. The molecule has 0 fully saturated rings. The van der Waals surface area contributed by atoms with Crippen molar-refractivity contribution in [3.05, 3.63) is 28.8 Å². The van der Waals surface area contributed by atoms with Crippen molar-refractivity contribution in [1.29, 1.82) is 0 Å². The third-order valence-electron chi connectivity index (χ3n) is 1.98. The number of anilines is 1. The second-order valence-corrected chi connectivity index (χ2v) is 3.80. The van der Waals surface area contributed by atoms with Crippen molar-refractivity contribution < 1.29 is 0 Å². The summed E-state index contributed by atoms with van der Waals surface area (Å²) < 4.78 is 0. The molecule has 0 radical (unpaired) electrons. The van der Waals surface area contributed by atoms with Gasteiger partial charge in [-0.3, -0.25) is 0 Å². The van der Waals surface area contributed by atoms with Gasteiger partial charge in [0.2, 0.25) is 0 Å². The van der Waals surface area contributed by atoms with E-state index in [1.165, 1.54) is 0 Å². The number of rotatable bonds is 2. The molecule has 13 heavy (non-hydrogen) atoms. The number of nitrogens with two attached hydrogens (primary N) is 1. The van der Waals surface area contributed by atoms with Gasteiger partial charge in [0.1, 0.15) is 0 Å². The second kappa shape index (κ2) is 3.99. The van der Waals surface area contributed by atoms with Gasteiger partial charge in [-0.1, -0.05) is 17.7 Å². The smallest absolute Gasteiger partial charge is 0.0642 e. The van der Waals surface area contributed by atoms with Crippen LogP contribution in [0.3, 0.4) is 0 Å². The Morgan fingerprint density at radius 1 is 1.38 bits per heavy atom. The van der Waals surface area contributed by atoms with Gasteiger partial charge < -0.3 is 10.6 Å². The van der Waals surface area contributed by atoms with Gasteiger partial charge in [-0.15, -0.1) is 0 Å². The molecule has 0 saturated heterocycles. The van der Waals surface area contributed by atoms with Crippen molar-refractivity contribution in [3.63, 3.8) is 0 Å². The van der Waals surface area contributed by atoms with Gasteiger partial charge in [0.05, 0.1) is 10.7 Å². The predicted molar refractivity (Wildman–Crippen MR) is 58.4 cm³/mol. The van der Waals surface area contributed by atoms with E-state index in [0.29, 0.717) is 0 Å². The summed E-state index contributed by atoms with van der Waals surface area (Å²) in [6.07, 6.45) is 0. The minimum Gasteiger partial charge on any atom is -0.376 e. The van der Waals surface area contributed by atoms with Gasteiger partial charge in [-0.25, -0.2) is 0 Å². The molecule has 0 aliphatic heterocycles. The molecule has 1 aromatic carbocycles. The number of hydrogen-bond donors (Lipinski definition) is 1. The highest BCUT2D eigenvalue weighted by molar-refractivity contribution is 6.33. The molecule has 0 aliphatic carbocycles. The Balaban J connectivity index is 3.06. The van der Waals surface area contributed by atoms with Crippen LogP contribution >= 0.6 is 11.6 Å². The Kier molecular flexibility index (Phi) is 3.17. The van der Waals surface area contributed by atoms with E-state index >= 15 is 0 Å². The predicted octanol–water partition coefficient (Wildman–Crippen LogP) is 2.43. The van der Waals surface area contributed by atoms with E-state index in [4.69, 9.17) is 17.3 Å². The van der Waals surface area contributed by atoms with Crippen LogP contribution in [-0.2, 0) is 0 Å². The van der Waals surface area contributed by atoms with E-state index < -0.39 is 0 Å². The van der Waals surface area contributed by atoms with Crippen LogP contribution in [0.1, 0.15) is 18.5 Å². The summed E-state index contributed by atoms with van der Waals surface area (Å²) >= 11 is 6.07. The van der Waals surface area contributed by atoms with Crippen molar-refractivity contribution in [2.75, 3.05) is 19.0 Å². The maximum Gasteiger partial charge on any atom is 0.0642 e. The Morgan fingerprint density at radius 2 is 2.00 bits per heavy atom. The van der Waals surface area contributed by atoms with Crippen LogP contribution in [0.15, 0.2) is 18.2 Å². The molecular weight excluding hydrogens is 184 g/mol. The second-order valence-electron chi connectivity index (χ2n) is 3.39.